The molecular weight excluding hydrogens is 220 g/mol. The fraction of sp³-hybridized carbons (Fsp3) is 0.143. The molecule has 0 fully saturated rings. The predicted octanol–water partition coefficient (Wildman–Crippen LogP) is 3.67. The zero-order chi connectivity index (χ0) is 11.8. The Balaban J connectivity index is 1.94. The molecule has 3 heteroatoms. The van der Waals surface area contributed by atoms with Gasteiger partial charge >= 0.3 is 0 Å². The molecule has 1 nitrogen and oxygen atoms in total. The summed E-state index contributed by atoms with van der Waals surface area (Å²) in [7, 11) is 0. The van der Waals surface area contributed by atoms with Crippen molar-refractivity contribution in [1.29, 1.82) is 0 Å². The number of hydrogen-bond acceptors (Lipinski definition) is 1. The first-order chi connectivity index (χ1) is 8.24. The Labute approximate surface area is 98.1 Å². The van der Waals surface area contributed by atoms with Gasteiger partial charge in [0.05, 0.1) is 6.04 Å². The zero-order valence-electron chi connectivity index (χ0n) is 9.08. The van der Waals surface area contributed by atoms with Crippen molar-refractivity contribution in [2.24, 2.45) is 0 Å². The number of fused-ring (bicyclic) bond motifs is 1. The second-order valence-electron chi connectivity index (χ2n) is 4.22. The quantitative estimate of drug-likeness (QED) is 0.789. The highest BCUT2D eigenvalue weighted by molar-refractivity contribution is 5.58. The third-order valence-electron chi connectivity index (χ3n) is 3.10. The van der Waals surface area contributed by atoms with E-state index in [0.717, 1.165) is 11.3 Å². The van der Waals surface area contributed by atoms with E-state index in [1.54, 1.807) is 18.2 Å². The van der Waals surface area contributed by atoms with Crippen LogP contribution < -0.4 is 5.32 Å². The number of anilines is 1. The molecule has 0 bridgehead atoms. The lowest BCUT2D eigenvalue weighted by Gasteiger charge is -2.12. The Morgan fingerprint density at radius 2 is 1.88 bits per heavy atom. The first-order valence-electron chi connectivity index (χ1n) is 5.53. The van der Waals surface area contributed by atoms with E-state index < -0.39 is 0 Å². The van der Waals surface area contributed by atoms with Crippen molar-refractivity contribution in [2.45, 2.75) is 12.5 Å². The maximum Gasteiger partial charge on any atom is 0.128 e. The molecule has 3 rings (SSSR count). The monoisotopic (exact) mass is 231 g/mol. The first kappa shape index (κ1) is 10.3. The molecule has 1 atom stereocenters. The van der Waals surface area contributed by atoms with Crippen molar-refractivity contribution < 1.29 is 8.78 Å². The minimum Gasteiger partial charge on any atom is -0.378 e. The fourth-order valence-electron chi connectivity index (χ4n) is 2.28. The van der Waals surface area contributed by atoms with E-state index in [4.69, 9.17) is 0 Å². The van der Waals surface area contributed by atoms with Crippen LogP contribution in [0.1, 0.15) is 17.2 Å². The minimum absolute atomic E-state index is 0.104. The molecule has 0 saturated heterocycles. The van der Waals surface area contributed by atoms with Crippen LogP contribution in [0.15, 0.2) is 42.5 Å². The molecule has 1 unspecified atom stereocenters. The van der Waals surface area contributed by atoms with E-state index in [9.17, 15) is 8.78 Å². The molecule has 0 amide bonds. The van der Waals surface area contributed by atoms with Gasteiger partial charge in [-0.15, -0.1) is 0 Å². The van der Waals surface area contributed by atoms with Gasteiger partial charge in [-0.2, -0.15) is 0 Å². The van der Waals surface area contributed by atoms with Crippen LogP contribution in [0, 0.1) is 11.6 Å². The Bertz CT molecular complexity index is 566. The van der Waals surface area contributed by atoms with Crippen LogP contribution in [0.3, 0.4) is 0 Å². The van der Waals surface area contributed by atoms with E-state index >= 15 is 0 Å². The fourth-order valence-corrected chi connectivity index (χ4v) is 2.28. The zero-order valence-corrected chi connectivity index (χ0v) is 9.08. The Morgan fingerprint density at radius 3 is 2.71 bits per heavy atom. The maximum absolute atomic E-state index is 13.6. The van der Waals surface area contributed by atoms with Gasteiger partial charge in [0.25, 0.3) is 0 Å². The van der Waals surface area contributed by atoms with Gasteiger partial charge in [-0.25, -0.2) is 8.78 Å². The van der Waals surface area contributed by atoms with Gasteiger partial charge in [-0.05, 0) is 36.2 Å². The van der Waals surface area contributed by atoms with E-state index in [1.165, 1.54) is 18.2 Å². The molecule has 17 heavy (non-hydrogen) atoms. The summed E-state index contributed by atoms with van der Waals surface area (Å²) in [6, 6.07) is 11.2. The minimum atomic E-state index is -0.250. The number of hydrogen-bond donors (Lipinski definition) is 1. The van der Waals surface area contributed by atoms with Crippen LogP contribution in [0.5, 0.6) is 0 Å². The van der Waals surface area contributed by atoms with E-state index in [2.05, 4.69) is 5.32 Å². The molecule has 1 heterocycles. The lowest BCUT2D eigenvalue weighted by atomic mass is 10.0. The van der Waals surface area contributed by atoms with Crippen molar-refractivity contribution in [3.05, 3.63) is 65.2 Å². The second-order valence-corrected chi connectivity index (χ2v) is 4.22. The highest BCUT2D eigenvalue weighted by atomic mass is 19.1. The summed E-state index contributed by atoms with van der Waals surface area (Å²) in [5.74, 6) is -0.474. The van der Waals surface area contributed by atoms with Crippen molar-refractivity contribution in [3.63, 3.8) is 0 Å². The summed E-state index contributed by atoms with van der Waals surface area (Å²) in [4.78, 5) is 0. The number of nitrogens with one attached hydrogen (secondary N) is 1. The van der Waals surface area contributed by atoms with Crippen LogP contribution in [0.4, 0.5) is 14.5 Å². The lowest BCUT2D eigenvalue weighted by Crippen LogP contribution is -2.07. The molecule has 1 N–H and O–H groups in total. The highest BCUT2D eigenvalue weighted by Crippen LogP contribution is 2.35. The SMILES string of the molecule is Fc1ccc2c(c1)CC(c1ccccc1F)N2. The third kappa shape index (κ3) is 1.78. The van der Waals surface area contributed by atoms with Crippen LogP contribution in [0.25, 0.3) is 0 Å². The summed E-state index contributed by atoms with van der Waals surface area (Å²) >= 11 is 0. The van der Waals surface area contributed by atoms with Crippen molar-refractivity contribution in [3.8, 4) is 0 Å². The van der Waals surface area contributed by atoms with Crippen molar-refractivity contribution >= 4 is 5.69 Å². The molecule has 0 spiro atoms. The average Bonchev–Trinajstić information content (AvgIpc) is 2.72. The van der Waals surface area contributed by atoms with Gasteiger partial charge in [0.1, 0.15) is 11.6 Å². The standard InChI is InChI=1S/C14H11F2N/c15-10-5-6-13-9(7-10)8-14(17-13)11-3-1-2-4-12(11)16/h1-7,14,17H,8H2. The average molecular weight is 231 g/mol. The van der Waals surface area contributed by atoms with Gasteiger partial charge in [-0.1, -0.05) is 18.2 Å². The molecular formula is C14H11F2N. The molecule has 0 radical (unpaired) electrons. The number of rotatable bonds is 1. The highest BCUT2D eigenvalue weighted by Gasteiger charge is 2.24. The molecule has 0 aliphatic carbocycles. The Hall–Kier alpha value is -1.90. The van der Waals surface area contributed by atoms with E-state index in [1.807, 2.05) is 6.07 Å². The number of halogens is 2. The van der Waals surface area contributed by atoms with Gasteiger partial charge in [0.15, 0.2) is 0 Å². The summed E-state index contributed by atoms with van der Waals surface area (Å²) in [6.45, 7) is 0. The summed E-state index contributed by atoms with van der Waals surface area (Å²) in [5.41, 5.74) is 2.42. The van der Waals surface area contributed by atoms with E-state index in [0.29, 0.717) is 12.0 Å². The number of benzene rings is 2. The topological polar surface area (TPSA) is 12.0 Å². The predicted molar refractivity (Wildman–Crippen MR) is 62.9 cm³/mol. The third-order valence-corrected chi connectivity index (χ3v) is 3.10. The van der Waals surface area contributed by atoms with Gasteiger partial charge in [0, 0.05) is 11.3 Å². The Kier molecular flexibility index (Phi) is 2.32. The first-order valence-corrected chi connectivity index (χ1v) is 5.53. The molecule has 86 valence electrons. The van der Waals surface area contributed by atoms with Crippen LogP contribution in [-0.4, -0.2) is 0 Å². The van der Waals surface area contributed by atoms with Crippen molar-refractivity contribution in [2.75, 3.05) is 5.32 Å². The molecule has 1 aliphatic rings. The van der Waals surface area contributed by atoms with Crippen LogP contribution in [-0.2, 0) is 6.42 Å². The smallest absolute Gasteiger partial charge is 0.128 e. The Morgan fingerprint density at radius 1 is 1.06 bits per heavy atom. The molecule has 1 aliphatic heterocycles. The van der Waals surface area contributed by atoms with Gasteiger partial charge in [0.2, 0.25) is 0 Å². The molecule has 2 aromatic carbocycles. The van der Waals surface area contributed by atoms with E-state index in [-0.39, 0.29) is 17.7 Å². The second kappa shape index (κ2) is 3.84. The lowest BCUT2D eigenvalue weighted by molar-refractivity contribution is 0.595. The summed E-state index contributed by atoms with van der Waals surface area (Å²) < 4.78 is 26.7. The normalized spacial score (nSPS) is 17.6. The molecule has 0 aromatic heterocycles. The molecule has 0 saturated carbocycles. The summed E-state index contributed by atoms with van der Waals surface area (Å²) in [5, 5.41) is 3.21. The largest absolute Gasteiger partial charge is 0.378 e. The summed E-state index contributed by atoms with van der Waals surface area (Å²) in [6.07, 6.45) is 0.619. The molecule has 2 aromatic rings. The van der Waals surface area contributed by atoms with Crippen LogP contribution >= 0.6 is 0 Å². The van der Waals surface area contributed by atoms with Crippen molar-refractivity contribution in [1.82, 2.24) is 0 Å². The maximum atomic E-state index is 13.6. The van der Waals surface area contributed by atoms with Gasteiger partial charge < -0.3 is 5.32 Å². The van der Waals surface area contributed by atoms with Crippen LogP contribution in [0.2, 0.25) is 0 Å². The van der Waals surface area contributed by atoms with Gasteiger partial charge in [-0.3, -0.25) is 0 Å².